The van der Waals surface area contributed by atoms with Crippen molar-refractivity contribution in [3.05, 3.63) is 35.4 Å². The molecule has 1 aromatic rings. The largest absolute Gasteiger partial charge is 0.328 e. The van der Waals surface area contributed by atoms with Gasteiger partial charge in [0, 0.05) is 12.5 Å². The van der Waals surface area contributed by atoms with Crippen LogP contribution in [0.15, 0.2) is 24.3 Å². The minimum Gasteiger partial charge on any atom is -0.328 e. The van der Waals surface area contributed by atoms with E-state index in [-0.39, 0.29) is 6.04 Å². The first-order valence-electron chi connectivity index (χ1n) is 5.97. The zero-order chi connectivity index (χ0) is 11.8. The van der Waals surface area contributed by atoms with Gasteiger partial charge in [-0.05, 0) is 43.7 Å². The van der Waals surface area contributed by atoms with Crippen LogP contribution in [0.25, 0.3) is 0 Å². The molecule has 1 nitrogen and oxygen atoms in total. The Labute approximate surface area is 99.1 Å². The Morgan fingerprint density at radius 3 is 2.75 bits per heavy atom. The fraction of sp³-hybridized carbons (Fsp3) is 0.467. The standard InChI is InChI=1S/C15H21N/c1-3-4-5-10-15(16)12-11-14-9-7-6-8-13(14)2/h1,6-9,15H,4-5,10-12,16H2,2H3. The van der Waals surface area contributed by atoms with E-state index in [2.05, 4.69) is 37.1 Å². The van der Waals surface area contributed by atoms with Crippen LogP contribution in [0.5, 0.6) is 0 Å². The molecule has 0 amide bonds. The molecule has 86 valence electrons. The van der Waals surface area contributed by atoms with Crippen molar-refractivity contribution >= 4 is 0 Å². The summed E-state index contributed by atoms with van der Waals surface area (Å²) in [5, 5.41) is 0. The molecular weight excluding hydrogens is 194 g/mol. The van der Waals surface area contributed by atoms with Crippen molar-refractivity contribution in [2.45, 2.75) is 45.1 Å². The number of hydrogen-bond acceptors (Lipinski definition) is 1. The van der Waals surface area contributed by atoms with Crippen LogP contribution in [-0.2, 0) is 6.42 Å². The third-order valence-electron chi connectivity index (χ3n) is 2.94. The Kier molecular flexibility index (Phi) is 5.67. The number of unbranched alkanes of at least 4 members (excludes halogenated alkanes) is 1. The van der Waals surface area contributed by atoms with Gasteiger partial charge in [-0.25, -0.2) is 0 Å². The molecule has 1 rings (SSSR count). The van der Waals surface area contributed by atoms with Crippen molar-refractivity contribution < 1.29 is 0 Å². The monoisotopic (exact) mass is 215 g/mol. The molecule has 0 bridgehead atoms. The highest BCUT2D eigenvalue weighted by Gasteiger charge is 2.03. The van der Waals surface area contributed by atoms with Crippen LogP contribution in [0.3, 0.4) is 0 Å². The minimum atomic E-state index is 0.285. The Balaban J connectivity index is 2.29. The zero-order valence-electron chi connectivity index (χ0n) is 10.1. The first kappa shape index (κ1) is 12.8. The third kappa shape index (κ3) is 4.51. The molecule has 0 aromatic heterocycles. The van der Waals surface area contributed by atoms with Gasteiger partial charge in [0.1, 0.15) is 0 Å². The first-order chi connectivity index (χ1) is 7.74. The summed E-state index contributed by atoms with van der Waals surface area (Å²) >= 11 is 0. The second-order valence-electron chi connectivity index (χ2n) is 4.32. The maximum atomic E-state index is 6.04. The molecular formula is C15H21N. The van der Waals surface area contributed by atoms with Gasteiger partial charge in [0.15, 0.2) is 0 Å². The van der Waals surface area contributed by atoms with Gasteiger partial charge in [-0.3, -0.25) is 0 Å². The summed E-state index contributed by atoms with van der Waals surface area (Å²) in [5.74, 6) is 2.65. The second-order valence-corrected chi connectivity index (χ2v) is 4.32. The van der Waals surface area contributed by atoms with Crippen molar-refractivity contribution in [1.82, 2.24) is 0 Å². The average molecular weight is 215 g/mol. The van der Waals surface area contributed by atoms with Gasteiger partial charge in [-0.2, -0.15) is 0 Å². The van der Waals surface area contributed by atoms with E-state index >= 15 is 0 Å². The number of hydrogen-bond donors (Lipinski definition) is 1. The lowest BCUT2D eigenvalue weighted by Gasteiger charge is -2.11. The summed E-state index contributed by atoms with van der Waals surface area (Å²) in [5.41, 5.74) is 8.82. The number of aryl methyl sites for hydroxylation is 2. The maximum absolute atomic E-state index is 6.04. The molecule has 1 atom stereocenters. The fourth-order valence-electron chi connectivity index (χ4n) is 1.84. The van der Waals surface area contributed by atoms with E-state index in [4.69, 9.17) is 12.2 Å². The molecule has 1 heteroatoms. The minimum absolute atomic E-state index is 0.285. The van der Waals surface area contributed by atoms with Crippen molar-refractivity contribution in [3.63, 3.8) is 0 Å². The quantitative estimate of drug-likeness (QED) is 0.573. The van der Waals surface area contributed by atoms with E-state index in [0.29, 0.717) is 0 Å². The van der Waals surface area contributed by atoms with Crippen molar-refractivity contribution in [2.24, 2.45) is 5.73 Å². The van der Waals surface area contributed by atoms with Gasteiger partial charge in [0.25, 0.3) is 0 Å². The maximum Gasteiger partial charge on any atom is 0.00866 e. The van der Waals surface area contributed by atoms with Gasteiger partial charge >= 0.3 is 0 Å². The van der Waals surface area contributed by atoms with Gasteiger partial charge in [0.2, 0.25) is 0 Å². The van der Waals surface area contributed by atoms with Crippen LogP contribution in [-0.4, -0.2) is 6.04 Å². The van der Waals surface area contributed by atoms with Gasteiger partial charge < -0.3 is 5.73 Å². The Hall–Kier alpha value is -1.26. The zero-order valence-corrected chi connectivity index (χ0v) is 10.1. The van der Waals surface area contributed by atoms with E-state index in [0.717, 1.165) is 32.1 Å². The number of benzene rings is 1. The smallest absolute Gasteiger partial charge is 0.00866 e. The number of terminal acetylenes is 1. The molecule has 0 spiro atoms. The van der Waals surface area contributed by atoms with Gasteiger partial charge in [-0.1, -0.05) is 24.3 Å². The number of rotatable bonds is 6. The average Bonchev–Trinajstić information content (AvgIpc) is 2.28. The molecule has 0 aliphatic heterocycles. The van der Waals surface area contributed by atoms with Crippen LogP contribution in [0.2, 0.25) is 0 Å². The van der Waals surface area contributed by atoms with E-state index in [9.17, 15) is 0 Å². The summed E-state index contributed by atoms with van der Waals surface area (Å²) in [4.78, 5) is 0. The Morgan fingerprint density at radius 1 is 1.31 bits per heavy atom. The predicted molar refractivity (Wildman–Crippen MR) is 70.2 cm³/mol. The van der Waals surface area contributed by atoms with Crippen molar-refractivity contribution in [1.29, 1.82) is 0 Å². The molecule has 0 heterocycles. The van der Waals surface area contributed by atoms with Crippen molar-refractivity contribution in [2.75, 3.05) is 0 Å². The van der Waals surface area contributed by atoms with Crippen LogP contribution in [0, 0.1) is 19.3 Å². The van der Waals surface area contributed by atoms with Gasteiger partial charge in [0.05, 0.1) is 0 Å². The highest BCUT2D eigenvalue weighted by molar-refractivity contribution is 5.25. The summed E-state index contributed by atoms with van der Waals surface area (Å²) in [6.45, 7) is 2.15. The van der Waals surface area contributed by atoms with E-state index in [1.165, 1.54) is 11.1 Å². The van der Waals surface area contributed by atoms with E-state index < -0.39 is 0 Å². The van der Waals surface area contributed by atoms with Gasteiger partial charge in [-0.15, -0.1) is 12.3 Å². The summed E-state index contributed by atoms with van der Waals surface area (Å²) < 4.78 is 0. The van der Waals surface area contributed by atoms with Crippen LogP contribution >= 0.6 is 0 Å². The topological polar surface area (TPSA) is 26.0 Å². The molecule has 0 saturated heterocycles. The summed E-state index contributed by atoms with van der Waals surface area (Å²) in [7, 11) is 0. The number of nitrogens with two attached hydrogens (primary N) is 1. The third-order valence-corrected chi connectivity index (χ3v) is 2.94. The SMILES string of the molecule is C#CCCCC(N)CCc1ccccc1C. The molecule has 0 aliphatic carbocycles. The molecule has 1 aromatic carbocycles. The molecule has 0 fully saturated rings. The van der Waals surface area contributed by atoms with Crippen molar-refractivity contribution in [3.8, 4) is 12.3 Å². The Bertz CT molecular complexity index is 349. The Morgan fingerprint density at radius 2 is 2.06 bits per heavy atom. The predicted octanol–water partition coefficient (Wildman–Crippen LogP) is 3.06. The van der Waals surface area contributed by atoms with Crippen LogP contribution in [0.4, 0.5) is 0 Å². The molecule has 0 saturated carbocycles. The van der Waals surface area contributed by atoms with E-state index in [1.54, 1.807) is 0 Å². The normalized spacial score (nSPS) is 12.1. The van der Waals surface area contributed by atoms with Crippen LogP contribution in [0.1, 0.15) is 36.8 Å². The molecule has 16 heavy (non-hydrogen) atoms. The fourth-order valence-corrected chi connectivity index (χ4v) is 1.84. The lowest BCUT2D eigenvalue weighted by Crippen LogP contribution is -2.20. The van der Waals surface area contributed by atoms with Crippen LogP contribution < -0.4 is 5.73 Å². The first-order valence-corrected chi connectivity index (χ1v) is 5.97. The summed E-state index contributed by atoms with van der Waals surface area (Å²) in [6, 6.07) is 8.79. The molecule has 0 aliphatic rings. The lowest BCUT2D eigenvalue weighted by atomic mass is 9.99. The highest BCUT2D eigenvalue weighted by Crippen LogP contribution is 2.12. The second kappa shape index (κ2) is 7.09. The van der Waals surface area contributed by atoms with E-state index in [1.807, 2.05) is 0 Å². The summed E-state index contributed by atoms with van der Waals surface area (Å²) in [6.07, 6.45) is 10.3. The molecule has 0 radical (unpaired) electrons. The lowest BCUT2D eigenvalue weighted by molar-refractivity contribution is 0.550. The molecule has 1 unspecified atom stereocenters. The highest BCUT2D eigenvalue weighted by atomic mass is 14.6. The molecule has 2 N–H and O–H groups in total.